The van der Waals surface area contributed by atoms with Gasteiger partial charge in [0, 0.05) is 31.3 Å². The fraction of sp³-hybridized carbons (Fsp3) is 0.250. The Balaban J connectivity index is 2.20. The number of carbonyl (C=O) groups excluding carboxylic acids is 3. The Labute approximate surface area is 163 Å². The first-order chi connectivity index (χ1) is 13.3. The minimum atomic E-state index is -0.410. The molecule has 8 nitrogen and oxygen atoms in total. The normalized spacial score (nSPS) is 10.0. The number of methoxy groups -OCH3 is 2. The molecule has 2 aromatic rings. The molecule has 148 valence electrons. The Morgan fingerprint density at radius 2 is 1.71 bits per heavy atom. The van der Waals surface area contributed by atoms with E-state index in [2.05, 4.69) is 10.6 Å². The predicted octanol–water partition coefficient (Wildman–Crippen LogP) is 2.65. The maximum Gasteiger partial charge on any atom is 0.244 e. The molecule has 2 aromatic carbocycles. The molecule has 0 aliphatic rings. The van der Waals surface area contributed by atoms with Gasteiger partial charge in [-0.15, -0.1) is 0 Å². The van der Waals surface area contributed by atoms with Crippen molar-refractivity contribution in [1.82, 2.24) is 0 Å². The van der Waals surface area contributed by atoms with Crippen LogP contribution in [0.25, 0.3) is 0 Å². The number of nitrogens with zero attached hydrogens (tertiary/aromatic N) is 1. The van der Waals surface area contributed by atoms with Gasteiger partial charge in [-0.05, 0) is 30.3 Å². The lowest BCUT2D eigenvalue weighted by Gasteiger charge is -2.22. The number of ether oxygens (including phenoxy) is 2. The van der Waals surface area contributed by atoms with Crippen LogP contribution >= 0.6 is 0 Å². The molecule has 0 aliphatic heterocycles. The van der Waals surface area contributed by atoms with Crippen LogP contribution in [0.5, 0.6) is 11.5 Å². The Morgan fingerprint density at radius 3 is 2.32 bits per heavy atom. The van der Waals surface area contributed by atoms with Crippen molar-refractivity contribution < 1.29 is 23.9 Å². The number of amides is 3. The van der Waals surface area contributed by atoms with Gasteiger partial charge in [-0.25, -0.2) is 0 Å². The van der Waals surface area contributed by atoms with Crippen LogP contribution in [0, 0.1) is 0 Å². The number of benzene rings is 2. The minimum absolute atomic E-state index is 0.209. The summed E-state index contributed by atoms with van der Waals surface area (Å²) in [5.41, 5.74) is 1.46. The van der Waals surface area contributed by atoms with E-state index in [1.807, 2.05) is 0 Å². The van der Waals surface area contributed by atoms with E-state index < -0.39 is 5.91 Å². The topological polar surface area (TPSA) is 97.0 Å². The molecule has 2 rings (SSSR count). The monoisotopic (exact) mass is 385 g/mol. The molecule has 0 heterocycles. The molecule has 8 heteroatoms. The number of rotatable bonds is 7. The van der Waals surface area contributed by atoms with Crippen molar-refractivity contribution in [3.05, 3.63) is 42.5 Å². The molecule has 0 aromatic heterocycles. The highest BCUT2D eigenvalue weighted by molar-refractivity contribution is 6.03. The van der Waals surface area contributed by atoms with Crippen LogP contribution in [0.3, 0.4) is 0 Å². The fourth-order valence-electron chi connectivity index (χ4n) is 2.58. The average molecular weight is 385 g/mol. The number of carbonyl (C=O) groups is 3. The number of anilines is 3. The van der Waals surface area contributed by atoms with Crippen molar-refractivity contribution in [1.29, 1.82) is 0 Å². The molecule has 0 spiro atoms. The predicted molar refractivity (Wildman–Crippen MR) is 107 cm³/mol. The Hall–Kier alpha value is -3.55. The smallest absolute Gasteiger partial charge is 0.244 e. The molecule has 0 aliphatic carbocycles. The summed E-state index contributed by atoms with van der Waals surface area (Å²) in [6.45, 7) is 2.55. The molecule has 28 heavy (non-hydrogen) atoms. The Bertz CT molecular complexity index is 882. The zero-order chi connectivity index (χ0) is 20.7. The molecule has 0 bridgehead atoms. The van der Waals surface area contributed by atoms with Crippen LogP contribution < -0.4 is 25.0 Å². The number of nitrogens with one attached hydrogen (secondary N) is 2. The zero-order valence-electron chi connectivity index (χ0n) is 16.2. The van der Waals surface area contributed by atoms with E-state index in [0.717, 1.165) is 0 Å². The second-order valence-corrected chi connectivity index (χ2v) is 5.95. The van der Waals surface area contributed by atoms with Crippen molar-refractivity contribution >= 4 is 34.8 Å². The third-order valence-electron chi connectivity index (χ3n) is 3.84. The van der Waals surface area contributed by atoms with E-state index in [0.29, 0.717) is 28.6 Å². The Morgan fingerprint density at radius 1 is 0.964 bits per heavy atom. The second-order valence-electron chi connectivity index (χ2n) is 5.95. The van der Waals surface area contributed by atoms with Gasteiger partial charge < -0.3 is 25.0 Å². The third kappa shape index (κ3) is 5.47. The minimum Gasteiger partial charge on any atom is -0.497 e. The summed E-state index contributed by atoms with van der Waals surface area (Å²) < 4.78 is 10.4. The average Bonchev–Trinajstić information content (AvgIpc) is 2.65. The zero-order valence-corrected chi connectivity index (χ0v) is 16.2. The van der Waals surface area contributed by atoms with Gasteiger partial charge in [-0.2, -0.15) is 0 Å². The summed E-state index contributed by atoms with van der Waals surface area (Å²) in [7, 11) is 3.01. The molecule has 3 amide bonds. The summed E-state index contributed by atoms with van der Waals surface area (Å²) in [4.78, 5) is 37.2. The number of hydrogen-bond donors (Lipinski definition) is 2. The molecular formula is C20H23N3O5. The van der Waals surface area contributed by atoms with Crippen LogP contribution in [0.2, 0.25) is 0 Å². The lowest BCUT2D eigenvalue weighted by molar-refractivity contribution is -0.120. The summed E-state index contributed by atoms with van der Waals surface area (Å²) in [6.07, 6.45) is 0. The first kappa shape index (κ1) is 20.8. The van der Waals surface area contributed by atoms with Crippen molar-refractivity contribution in [2.45, 2.75) is 13.8 Å². The van der Waals surface area contributed by atoms with E-state index in [4.69, 9.17) is 9.47 Å². The summed E-state index contributed by atoms with van der Waals surface area (Å²) in [5.74, 6) is 0.0764. The molecule has 0 atom stereocenters. The van der Waals surface area contributed by atoms with Crippen molar-refractivity contribution in [3.8, 4) is 11.5 Å². The largest absolute Gasteiger partial charge is 0.497 e. The van der Waals surface area contributed by atoms with E-state index in [9.17, 15) is 14.4 Å². The lowest BCUT2D eigenvalue weighted by atomic mass is 10.2. The van der Waals surface area contributed by atoms with Crippen molar-refractivity contribution in [2.75, 3.05) is 36.3 Å². The Kier molecular flexibility index (Phi) is 6.97. The molecule has 0 saturated heterocycles. The standard InChI is InChI=1S/C20H23N3O5/c1-13(24)21-15-6-5-7-16(10-15)23(14(2)25)12-20(26)22-18-11-17(27-3)8-9-19(18)28-4/h5-11H,12H2,1-4H3,(H,21,24)(H,22,26). The summed E-state index contributed by atoms with van der Waals surface area (Å²) in [5, 5.41) is 5.38. The molecule has 2 N–H and O–H groups in total. The van der Waals surface area contributed by atoms with Gasteiger partial charge in [-0.1, -0.05) is 6.07 Å². The first-order valence-corrected chi connectivity index (χ1v) is 8.51. The van der Waals surface area contributed by atoms with Gasteiger partial charge in [-0.3, -0.25) is 14.4 Å². The highest BCUT2D eigenvalue weighted by Gasteiger charge is 2.18. The maximum absolute atomic E-state index is 12.6. The number of hydrogen-bond acceptors (Lipinski definition) is 5. The molecule has 0 radical (unpaired) electrons. The highest BCUT2D eigenvalue weighted by Crippen LogP contribution is 2.29. The maximum atomic E-state index is 12.6. The van der Waals surface area contributed by atoms with Crippen molar-refractivity contribution in [2.24, 2.45) is 0 Å². The lowest BCUT2D eigenvalue weighted by Crippen LogP contribution is -2.36. The van der Waals surface area contributed by atoms with Crippen LogP contribution in [-0.2, 0) is 14.4 Å². The van der Waals surface area contributed by atoms with E-state index >= 15 is 0 Å². The second kappa shape index (κ2) is 9.40. The highest BCUT2D eigenvalue weighted by atomic mass is 16.5. The molecular weight excluding hydrogens is 362 g/mol. The molecule has 0 saturated carbocycles. The van der Waals surface area contributed by atoms with Crippen LogP contribution in [0.4, 0.5) is 17.1 Å². The quantitative estimate of drug-likeness (QED) is 0.764. The SMILES string of the molecule is COc1ccc(OC)c(NC(=O)CN(C(C)=O)c2cccc(NC(C)=O)c2)c1. The van der Waals surface area contributed by atoms with Crippen LogP contribution in [-0.4, -0.2) is 38.5 Å². The summed E-state index contributed by atoms with van der Waals surface area (Å²) in [6, 6.07) is 11.7. The van der Waals surface area contributed by atoms with E-state index in [-0.39, 0.29) is 18.4 Å². The van der Waals surface area contributed by atoms with Gasteiger partial charge in [0.15, 0.2) is 0 Å². The van der Waals surface area contributed by atoms with E-state index in [1.54, 1.807) is 42.5 Å². The van der Waals surface area contributed by atoms with Crippen molar-refractivity contribution in [3.63, 3.8) is 0 Å². The van der Waals surface area contributed by atoms with Crippen LogP contribution in [0.1, 0.15) is 13.8 Å². The van der Waals surface area contributed by atoms with Gasteiger partial charge in [0.05, 0.1) is 19.9 Å². The molecule has 0 fully saturated rings. The van der Waals surface area contributed by atoms with Gasteiger partial charge >= 0.3 is 0 Å². The summed E-state index contributed by atoms with van der Waals surface area (Å²) >= 11 is 0. The van der Waals surface area contributed by atoms with E-state index in [1.165, 1.54) is 33.0 Å². The van der Waals surface area contributed by atoms with Gasteiger partial charge in [0.1, 0.15) is 18.0 Å². The first-order valence-electron chi connectivity index (χ1n) is 8.51. The fourth-order valence-corrected chi connectivity index (χ4v) is 2.58. The third-order valence-corrected chi connectivity index (χ3v) is 3.84. The van der Waals surface area contributed by atoms with Crippen LogP contribution in [0.15, 0.2) is 42.5 Å². The van der Waals surface area contributed by atoms with Gasteiger partial charge in [0.25, 0.3) is 0 Å². The molecule has 0 unspecified atom stereocenters. The van der Waals surface area contributed by atoms with Gasteiger partial charge in [0.2, 0.25) is 17.7 Å².